The molecule has 0 aliphatic rings. The predicted molar refractivity (Wildman–Crippen MR) is 110 cm³/mol. The van der Waals surface area contributed by atoms with E-state index in [4.69, 9.17) is 9.47 Å². The van der Waals surface area contributed by atoms with Gasteiger partial charge in [0.1, 0.15) is 11.6 Å². The summed E-state index contributed by atoms with van der Waals surface area (Å²) in [5, 5.41) is 5.86. The second-order valence-corrected chi connectivity index (χ2v) is 6.26. The van der Waals surface area contributed by atoms with Crippen molar-refractivity contribution in [2.75, 3.05) is 26.1 Å². The smallest absolute Gasteiger partial charge is 0.252 e. The monoisotopic (exact) mass is 395 g/mol. The van der Waals surface area contributed by atoms with Gasteiger partial charge in [-0.15, -0.1) is 0 Å². The second-order valence-electron chi connectivity index (χ2n) is 6.26. The minimum absolute atomic E-state index is 0.213. The first-order chi connectivity index (χ1) is 14.1. The van der Waals surface area contributed by atoms with Crippen LogP contribution in [0, 0.1) is 5.82 Å². The number of nitrogens with one attached hydrogen (secondary N) is 2. The summed E-state index contributed by atoms with van der Waals surface area (Å²) in [5.74, 6) is 1.30. The first-order valence-electron chi connectivity index (χ1n) is 9.07. The maximum atomic E-state index is 13.2. The zero-order valence-corrected chi connectivity index (χ0v) is 16.2. The third-order valence-corrected chi connectivity index (χ3v) is 4.27. The molecule has 150 valence electrons. The number of benzene rings is 2. The molecule has 0 saturated carbocycles. The molecule has 1 aromatic heterocycles. The van der Waals surface area contributed by atoms with E-state index in [1.807, 2.05) is 18.2 Å². The van der Waals surface area contributed by atoms with Crippen LogP contribution in [-0.4, -0.2) is 31.7 Å². The molecule has 3 rings (SSSR count). The molecule has 2 aromatic carbocycles. The number of methoxy groups -OCH3 is 2. The van der Waals surface area contributed by atoms with Crippen LogP contribution in [-0.2, 0) is 6.42 Å². The lowest BCUT2D eigenvalue weighted by Gasteiger charge is -2.10. The predicted octanol–water partition coefficient (Wildman–Crippen LogP) is 3.95. The van der Waals surface area contributed by atoms with Gasteiger partial charge in [-0.2, -0.15) is 0 Å². The average Bonchev–Trinajstić information content (AvgIpc) is 2.74. The average molecular weight is 395 g/mol. The molecule has 0 spiro atoms. The topological polar surface area (TPSA) is 72.5 Å². The summed E-state index contributed by atoms with van der Waals surface area (Å²) in [6, 6.07) is 15.1. The largest absolute Gasteiger partial charge is 0.493 e. The quantitative estimate of drug-likeness (QED) is 0.604. The van der Waals surface area contributed by atoms with Gasteiger partial charge in [0.25, 0.3) is 5.91 Å². The number of rotatable bonds is 8. The van der Waals surface area contributed by atoms with Gasteiger partial charge in [-0.1, -0.05) is 12.1 Å². The van der Waals surface area contributed by atoms with Crippen molar-refractivity contribution in [1.82, 2.24) is 10.3 Å². The highest BCUT2D eigenvalue weighted by Gasteiger charge is 2.08. The van der Waals surface area contributed by atoms with Crippen LogP contribution in [0.15, 0.2) is 60.8 Å². The van der Waals surface area contributed by atoms with Crippen molar-refractivity contribution in [3.8, 4) is 11.5 Å². The van der Waals surface area contributed by atoms with Gasteiger partial charge in [-0.05, 0) is 54.4 Å². The Morgan fingerprint density at radius 3 is 2.55 bits per heavy atom. The Bertz CT molecular complexity index is 977. The Morgan fingerprint density at radius 2 is 1.86 bits per heavy atom. The summed E-state index contributed by atoms with van der Waals surface area (Å²) in [6.07, 6.45) is 2.13. The van der Waals surface area contributed by atoms with Crippen LogP contribution in [0.5, 0.6) is 11.5 Å². The highest BCUT2D eigenvalue weighted by atomic mass is 19.1. The SMILES string of the molecule is COc1ccc(CCNC(=O)c2ccc(Nc3cccc(F)c3)nc2)cc1OC. The van der Waals surface area contributed by atoms with Gasteiger partial charge in [0, 0.05) is 18.4 Å². The van der Waals surface area contributed by atoms with Crippen molar-refractivity contribution in [2.45, 2.75) is 6.42 Å². The van der Waals surface area contributed by atoms with Crippen molar-refractivity contribution in [3.63, 3.8) is 0 Å². The maximum Gasteiger partial charge on any atom is 0.252 e. The molecule has 3 aromatic rings. The van der Waals surface area contributed by atoms with Crippen LogP contribution in [0.1, 0.15) is 15.9 Å². The fraction of sp³-hybridized carbons (Fsp3) is 0.182. The highest BCUT2D eigenvalue weighted by molar-refractivity contribution is 5.94. The van der Waals surface area contributed by atoms with Gasteiger partial charge < -0.3 is 20.1 Å². The number of halogens is 1. The lowest BCUT2D eigenvalue weighted by Crippen LogP contribution is -2.25. The Labute approximate surface area is 168 Å². The van der Waals surface area contributed by atoms with E-state index < -0.39 is 0 Å². The molecule has 2 N–H and O–H groups in total. The molecular formula is C22H22FN3O3. The summed E-state index contributed by atoms with van der Waals surface area (Å²) in [4.78, 5) is 16.5. The molecule has 0 atom stereocenters. The van der Waals surface area contributed by atoms with Crippen LogP contribution >= 0.6 is 0 Å². The van der Waals surface area contributed by atoms with Gasteiger partial charge in [0.05, 0.1) is 19.8 Å². The lowest BCUT2D eigenvalue weighted by molar-refractivity contribution is 0.0954. The Hall–Kier alpha value is -3.61. The third-order valence-electron chi connectivity index (χ3n) is 4.27. The van der Waals surface area contributed by atoms with E-state index in [0.29, 0.717) is 41.5 Å². The van der Waals surface area contributed by atoms with Crippen molar-refractivity contribution in [1.29, 1.82) is 0 Å². The molecule has 0 aliphatic carbocycles. The van der Waals surface area contributed by atoms with E-state index in [1.165, 1.54) is 18.3 Å². The minimum Gasteiger partial charge on any atom is -0.493 e. The molecule has 7 heteroatoms. The molecule has 6 nitrogen and oxygen atoms in total. The molecule has 1 amide bonds. The van der Waals surface area contributed by atoms with Crippen molar-refractivity contribution in [2.24, 2.45) is 0 Å². The summed E-state index contributed by atoms with van der Waals surface area (Å²) >= 11 is 0. The first kappa shape index (κ1) is 20.1. The minimum atomic E-state index is -0.333. The number of aromatic nitrogens is 1. The summed E-state index contributed by atoms with van der Waals surface area (Å²) in [5.41, 5.74) is 2.06. The van der Waals surface area contributed by atoms with Crippen LogP contribution in [0.4, 0.5) is 15.9 Å². The number of ether oxygens (including phenoxy) is 2. The maximum absolute atomic E-state index is 13.2. The number of hydrogen-bond donors (Lipinski definition) is 2. The van der Waals surface area contributed by atoms with Gasteiger partial charge >= 0.3 is 0 Å². The van der Waals surface area contributed by atoms with Crippen molar-refractivity contribution >= 4 is 17.4 Å². The van der Waals surface area contributed by atoms with Gasteiger partial charge in [-0.25, -0.2) is 9.37 Å². The first-order valence-corrected chi connectivity index (χ1v) is 9.07. The van der Waals surface area contributed by atoms with Gasteiger partial charge in [-0.3, -0.25) is 4.79 Å². The normalized spacial score (nSPS) is 10.3. The van der Waals surface area contributed by atoms with Crippen molar-refractivity contribution in [3.05, 3.63) is 77.7 Å². The summed E-state index contributed by atoms with van der Waals surface area (Å²) < 4.78 is 23.7. The zero-order chi connectivity index (χ0) is 20.6. The zero-order valence-electron chi connectivity index (χ0n) is 16.2. The van der Waals surface area contributed by atoms with Gasteiger partial charge in [0.2, 0.25) is 0 Å². The number of amides is 1. The second kappa shape index (κ2) is 9.54. The Morgan fingerprint density at radius 1 is 1.03 bits per heavy atom. The van der Waals surface area contributed by atoms with E-state index >= 15 is 0 Å². The van der Waals surface area contributed by atoms with E-state index in [9.17, 15) is 9.18 Å². The Kier molecular flexibility index (Phi) is 6.63. The molecule has 0 unspecified atom stereocenters. The summed E-state index contributed by atoms with van der Waals surface area (Å²) in [6.45, 7) is 0.470. The molecule has 1 heterocycles. The number of carbonyl (C=O) groups excluding carboxylic acids is 1. The molecule has 0 bridgehead atoms. The number of pyridine rings is 1. The Balaban J connectivity index is 1.53. The molecule has 0 saturated heterocycles. The van der Waals surface area contributed by atoms with Crippen LogP contribution in [0.3, 0.4) is 0 Å². The fourth-order valence-corrected chi connectivity index (χ4v) is 2.77. The molecular weight excluding hydrogens is 373 g/mol. The standard InChI is InChI=1S/C22H22FN3O3/c1-28-19-8-6-15(12-20(19)29-2)10-11-24-22(27)16-7-9-21(25-14-16)26-18-5-3-4-17(23)13-18/h3-9,12-14H,10-11H2,1-2H3,(H,24,27)(H,25,26). The number of hydrogen-bond acceptors (Lipinski definition) is 5. The molecule has 0 fully saturated rings. The number of anilines is 2. The van der Waals surface area contributed by atoms with Crippen molar-refractivity contribution < 1.29 is 18.7 Å². The number of carbonyl (C=O) groups is 1. The lowest BCUT2D eigenvalue weighted by atomic mass is 10.1. The van der Waals surface area contributed by atoms with Gasteiger partial charge in [0.15, 0.2) is 11.5 Å². The van der Waals surface area contributed by atoms with Crippen LogP contribution in [0.25, 0.3) is 0 Å². The summed E-state index contributed by atoms with van der Waals surface area (Å²) in [7, 11) is 3.17. The van der Waals surface area contributed by atoms with E-state index in [2.05, 4.69) is 15.6 Å². The van der Waals surface area contributed by atoms with E-state index in [0.717, 1.165) is 5.56 Å². The highest BCUT2D eigenvalue weighted by Crippen LogP contribution is 2.27. The van der Waals surface area contributed by atoms with E-state index in [-0.39, 0.29) is 11.7 Å². The molecule has 29 heavy (non-hydrogen) atoms. The fourth-order valence-electron chi connectivity index (χ4n) is 2.77. The number of nitrogens with zero attached hydrogens (tertiary/aromatic N) is 1. The molecule has 0 radical (unpaired) electrons. The van der Waals surface area contributed by atoms with Crippen LogP contribution < -0.4 is 20.1 Å². The van der Waals surface area contributed by atoms with E-state index in [1.54, 1.807) is 38.5 Å². The third kappa shape index (κ3) is 5.44. The van der Waals surface area contributed by atoms with Crippen LogP contribution in [0.2, 0.25) is 0 Å². The molecule has 0 aliphatic heterocycles.